The minimum atomic E-state index is -3.99. The van der Waals surface area contributed by atoms with E-state index in [4.69, 9.17) is 10.7 Å². The molecule has 1 aromatic carbocycles. The topological polar surface area (TPSA) is 34.1 Å². The normalized spacial score (nSPS) is 11.8. The zero-order valence-corrected chi connectivity index (χ0v) is 9.18. The maximum Gasteiger partial charge on any atom is 0.232 e. The summed E-state index contributed by atoms with van der Waals surface area (Å²) in [6, 6.07) is 0.0450. The molecule has 0 heterocycles. The predicted octanol–water partition coefficient (Wildman–Crippen LogP) is 2.35. The third-order valence-electron chi connectivity index (χ3n) is 1.80. The second kappa shape index (κ2) is 4.58. The van der Waals surface area contributed by atoms with Gasteiger partial charge in [0.2, 0.25) is 9.05 Å². The van der Waals surface area contributed by atoms with Gasteiger partial charge in [0.15, 0.2) is 23.3 Å². The Morgan fingerprint density at radius 3 is 1.88 bits per heavy atom. The second-order valence-electron chi connectivity index (χ2n) is 2.94. The summed E-state index contributed by atoms with van der Waals surface area (Å²) in [7, 11) is 0.820. The van der Waals surface area contributed by atoms with Crippen molar-refractivity contribution < 1.29 is 26.0 Å². The zero-order valence-electron chi connectivity index (χ0n) is 7.61. The maximum absolute atomic E-state index is 13.0. The average molecular weight is 277 g/mol. The van der Waals surface area contributed by atoms with Crippen molar-refractivity contribution in [3.05, 3.63) is 34.9 Å². The molecule has 0 radical (unpaired) electrons. The Hall–Kier alpha value is -0.820. The first kappa shape index (κ1) is 13.2. The van der Waals surface area contributed by atoms with Crippen LogP contribution in [0.2, 0.25) is 0 Å². The van der Waals surface area contributed by atoms with Gasteiger partial charge in [-0.3, -0.25) is 0 Å². The summed E-state index contributed by atoms with van der Waals surface area (Å²) < 4.78 is 72.4. The molecule has 2 nitrogen and oxygen atoms in total. The van der Waals surface area contributed by atoms with Crippen LogP contribution >= 0.6 is 10.7 Å². The standard InChI is InChI=1S/C8H5ClF4O2S/c9-16(14,15)2-1-4-7(12)5(10)3-6(11)8(4)13/h3H,1-2H2. The van der Waals surface area contributed by atoms with Crippen LogP contribution in [0.15, 0.2) is 6.07 Å². The molecular weight excluding hydrogens is 272 g/mol. The maximum atomic E-state index is 13.0. The van der Waals surface area contributed by atoms with E-state index in [1.807, 2.05) is 0 Å². The third kappa shape index (κ3) is 3.08. The molecule has 0 aromatic heterocycles. The summed E-state index contributed by atoms with van der Waals surface area (Å²) >= 11 is 0. The van der Waals surface area contributed by atoms with E-state index in [-0.39, 0.29) is 6.07 Å². The summed E-state index contributed by atoms with van der Waals surface area (Å²) in [4.78, 5) is 0. The van der Waals surface area contributed by atoms with Crippen molar-refractivity contribution >= 4 is 19.7 Å². The lowest BCUT2D eigenvalue weighted by atomic mass is 10.1. The molecule has 16 heavy (non-hydrogen) atoms. The predicted molar refractivity (Wildman–Crippen MR) is 49.6 cm³/mol. The molecular formula is C8H5ClF4O2S. The van der Waals surface area contributed by atoms with Crippen molar-refractivity contribution in [3.8, 4) is 0 Å². The van der Waals surface area contributed by atoms with Gasteiger partial charge in [-0.2, -0.15) is 0 Å². The van der Waals surface area contributed by atoms with Gasteiger partial charge in [0.25, 0.3) is 0 Å². The number of benzene rings is 1. The first-order chi connectivity index (χ1) is 7.22. The molecule has 0 saturated heterocycles. The van der Waals surface area contributed by atoms with E-state index in [0.29, 0.717) is 0 Å². The van der Waals surface area contributed by atoms with Crippen molar-refractivity contribution in [2.45, 2.75) is 6.42 Å². The molecule has 1 aromatic rings. The van der Waals surface area contributed by atoms with E-state index >= 15 is 0 Å². The fourth-order valence-electron chi connectivity index (χ4n) is 1.07. The van der Waals surface area contributed by atoms with Crippen LogP contribution in [0.5, 0.6) is 0 Å². The van der Waals surface area contributed by atoms with Gasteiger partial charge in [-0.15, -0.1) is 0 Å². The summed E-state index contributed by atoms with van der Waals surface area (Å²) in [5, 5.41) is 0. The molecule has 0 atom stereocenters. The van der Waals surface area contributed by atoms with Crippen molar-refractivity contribution in [1.29, 1.82) is 0 Å². The monoisotopic (exact) mass is 276 g/mol. The van der Waals surface area contributed by atoms with Crippen LogP contribution < -0.4 is 0 Å². The first-order valence-corrected chi connectivity index (χ1v) is 6.44. The van der Waals surface area contributed by atoms with Gasteiger partial charge < -0.3 is 0 Å². The summed E-state index contributed by atoms with van der Waals surface area (Å²) in [5.74, 6) is -7.20. The highest BCUT2D eigenvalue weighted by atomic mass is 35.7. The highest BCUT2D eigenvalue weighted by Gasteiger charge is 2.20. The van der Waals surface area contributed by atoms with Crippen LogP contribution in [0, 0.1) is 23.3 Å². The molecule has 0 spiro atoms. The van der Waals surface area contributed by atoms with Gasteiger partial charge in [-0.05, 0) is 6.42 Å². The molecule has 0 aliphatic heterocycles. The van der Waals surface area contributed by atoms with E-state index in [0.717, 1.165) is 0 Å². The Balaban J connectivity index is 3.13. The van der Waals surface area contributed by atoms with Crippen molar-refractivity contribution in [2.24, 2.45) is 0 Å². The second-order valence-corrected chi connectivity index (χ2v) is 5.84. The number of rotatable bonds is 3. The zero-order chi connectivity index (χ0) is 12.5. The van der Waals surface area contributed by atoms with E-state index in [1.54, 1.807) is 0 Å². The molecule has 0 aliphatic carbocycles. The Kier molecular flexibility index (Phi) is 3.80. The highest BCUT2D eigenvalue weighted by Crippen LogP contribution is 2.20. The van der Waals surface area contributed by atoms with Crippen molar-refractivity contribution in [1.82, 2.24) is 0 Å². The summed E-state index contributed by atoms with van der Waals surface area (Å²) in [6.07, 6.45) is -0.738. The van der Waals surface area contributed by atoms with E-state index in [1.165, 1.54) is 0 Å². The van der Waals surface area contributed by atoms with Crippen LogP contribution in [-0.2, 0) is 15.5 Å². The Morgan fingerprint density at radius 1 is 1.06 bits per heavy atom. The molecule has 0 saturated carbocycles. The van der Waals surface area contributed by atoms with Gasteiger partial charge in [-0.1, -0.05) is 0 Å². The van der Waals surface area contributed by atoms with Crippen LogP contribution in [0.25, 0.3) is 0 Å². The molecule has 0 fully saturated rings. The minimum Gasteiger partial charge on any atom is -0.212 e. The Labute approximate surface area is 93.3 Å². The SMILES string of the molecule is O=S(=O)(Cl)CCc1c(F)c(F)cc(F)c1F. The summed E-state index contributed by atoms with van der Waals surface area (Å²) in [6.45, 7) is 0. The number of hydrogen-bond acceptors (Lipinski definition) is 2. The third-order valence-corrected chi connectivity index (χ3v) is 2.95. The van der Waals surface area contributed by atoms with Gasteiger partial charge >= 0.3 is 0 Å². The smallest absolute Gasteiger partial charge is 0.212 e. The summed E-state index contributed by atoms with van der Waals surface area (Å²) in [5.41, 5.74) is -0.971. The lowest BCUT2D eigenvalue weighted by Crippen LogP contribution is -2.08. The molecule has 0 aliphatic rings. The highest BCUT2D eigenvalue weighted by molar-refractivity contribution is 8.13. The molecule has 90 valence electrons. The van der Waals surface area contributed by atoms with Crippen molar-refractivity contribution in [3.63, 3.8) is 0 Å². The van der Waals surface area contributed by atoms with E-state index < -0.39 is 50.1 Å². The van der Waals surface area contributed by atoms with Crippen LogP contribution in [0.3, 0.4) is 0 Å². The van der Waals surface area contributed by atoms with E-state index in [9.17, 15) is 26.0 Å². The van der Waals surface area contributed by atoms with Crippen LogP contribution in [-0.4, -0.2) is 14.2 Å². The molecule has 0 unspecified atom stereocenters. The minimum absolute atomic E-state index is 0.0450. The quantitative estimate of drug-likeness (QED) is 0.482. The molecule has 1 rings (SSSR count). The van der Waals surface area contributed by atoms with Gasteiger partial charge in [0.05, 0.1) is 5.75 Å². The van der Waals surface area contributed by atoms with Gasteiger partial charge in [0.1, 0.15) is 0 Å². The molecule has 0 amide bonds. The lowest BCUT2D eigenvalue weighted by Gasteiger charge is -2.05. The molecule has 0 bridgehead atoms. The van der Waals surface area contributed by atoms with Gasteiger partial charge in [0, 0.05) is 22.3 Å². The molecule has 0 N–H and O–H groups in total. The van der Waals surface area contributed by atoms with Crippen LogP contribution in [0.1, 0.15) is 5.56 Å². The van der Waals surface area contributed by atoms with Crippen LogP contribution in [0.4, 0.5) is 17.6 Å². The fraction of sp³-hybridized carbons (Fsp3) is 0.250. The largest absolute Gasteiger partial charge is 0.232 e. The Bertz CT molecular complexity index is 489. The fourth-order valence-corrected chi connectivity index (χ4v) is 1.75. The van der Waals surface area contributed by atoms with E-state index in [2.05, 4.69) is 0 Å². The Morgan fingerprint density at radius 2 is 1.50 bits per heavy atom. The lowest BCUT2D eigenvalue weighted by molar-refractivity contribution is 0.440. The average Bonchev–Trinajstić information content (AvgIpc) is 2.13. The van der Waals surface area contributed by atoms with Gasteiger partial charge in [-0.25, -0.2) is 26.0 Å². The van der Waals surface area contributed by atoms with Crippen molar-refractivity contribution in [2.75, 3.05) is 5.75 Å². The number of halogens is 5. The molecule has 8 heteroatoms. The number of hydrogen-bond donors (Lipinski definition) is 0. The first-order valence-electron chi connectivity index (χ1n) is 3.96.